The summed E-state index contributed by atoms with van der Waals surface area (Å²) in [5.41, 5.74) is 9.19. The van der Waals surface area contributed by atoms with Gasteiger partial charge in [0.05, 0.1) is 35.7 Å². The number of aromatic nitrogens is 4. The molecule has 34 heavy (non-hydrogen) atoms. The van der Waals surface area contributed by atoms with E-state index in [1.807, 2.05) is 18.7 Å². The molecule has 0 radical (unpaired) electrons. The highest BCUT2D eigenvalue weighted by atomic mass is 19.1. The van der Waals surface area contributed by atoms with Gasteiger partial charge in [-0.3, -0.25) is 9.48 Å². The van der Waals surface area contributed by atoms with Crippen molar-refractivity contribution >= 4 is 17.5 Å². The van der Waals surface area contributed by atoms with Gasteiger partial charge in [0, 0.05) is 25.2 Å². The summed E-state index contributed by atoms with van der Waals surface area (Å²) in [5, 5.41) is 14.7. The van der Waals surface area contributed by atoms with E-state index < -0.39 is 5.82 Å². The van der Waals surface area contributed by atoms with Crippen LogP contribution in [0.5, 0.6) is 0 Å². The Labute approximate surface area is 196 Å². The number of hydrogen-bond donors (Lipinski definition) is 1. The zero-order valence-corrected chi connectivity index (χ0v) is 19.3. The van der Waals surface area contributed by atoms with Crippen molar-refractivity contribution < 1.29 is 9.18 Å². The largest absolute Gasteiger partial charge is 0.381 e. The lowest BCUT2D eigenvalue weighted by Crippen LogP contribution is -2.31. The summed E-state index contributed by atoms with van der Waals surface area (Å²) in [7, 11) is 1.68. The van der Waals surface area contributed by atoms with Crippen LogP contribution in [-0.4, -0.2) is 44.1 Å². The van der Waals surface area contributed by atoms with Crippen molar-refractivity contribution in [1.82, 2.24) is 24.6 Å². The van der Waals surface area contributed by atoms with Crippen LogP contribution in [0, 0.1) is 17.1 Å². The monoisotopic (exact) mass is 460 g/mol. The normalized spacial score (nSPS) is 17.5. The Bertz CT molecular complexity index is 1340. The smallest absolute Gasteiger partial charge is 0.254 e. The third kappa shape index (κ3) is 3.36. The highest BCUT2D eigenvalue weighted by molar-refractivity contribution is 5.96. The molecule has 1 fully saturated rings. The van der Waals surface area contributed by atoms with E-state index in [4.69, 9.17) is 10.7 Å². The third-order valence-corrected chi connectivity index (χ3v) is 6.48. The molecule has 2 bridgehead atoms. The molecular formula is C24H25FN8O. The number of anilines is 2. The van der Waals surface area contributed by atoms with Crippen molar-refractivity contribution in [3.8, 4) is 17.3 Å². The maximum atomic E-state index is 14.4. The second-order valence-corrected chi connectivity index (χ2v) is 9.03. The second-order valence-electron chi connectivity index (χ2n) is 9.03. The van der Waals surface area contributed by atoms with Gasteiger partial charge in [0.1, 0.15) is 17.6 Å². The van der Waals surface area contributed by atoms with Crippen LogP contribution >= 0.6 is 0 Å². The predicted octanol–water partition coefficient (Wildman–Crippen LogP) is 3.44. The molecular weight excluding hydrogens is 435 g/mol. The minimum atomic E-state index is -0.405. The van der Waals surface area contributed by atoms with E-state index in [0.717, 1.165) is 12.8 Å². The highest BCUT2D eigenvalue weighted by Crippen LogP contribution is 2.41. The van der Waals surface area contributed by atoms with Crippen molar-refractivity contribution in [2.45, 2.75) is 45.3 Å². The average molecular weight is 461 g/mol. The fourth-order valence-corrected chi connectivity index (χ4v) is 4.91. The molecule has 9 nitrogen and oxygen atoms in total. The topological polar surface area (TPSA) is 117 Å². The minimum absolute atomic E-state index is 0.0771. The Hall–Kier alpha value is -4.00. The van der Waals surface area contributed by atoms with Gasteiger partial charge in [0.2, 0.25) is 0 Å². The van der Waals surface area contributed by atoms with E-state index in [2.05, 4.69) is 16.2 Å². The fourth-order valence-electron chi connectivity index (χ4n) is 4.91. The minimum Gasteiger partial charge on any atom is -0.381 e. The van der Waals surface area contributed by atoms with E-state index in [1.165, 1.54) is 24.4 Å². The molecule has 0 unspecified atom stereocenters. The van der Waals surface area contributed by atoms with Crippen LogP contribution in [0.25, 0.3) is 11.3 Å². The number of benzene rings is 1. The Morgan fingerprint density at radius 2 is 2.12 bits per heavy atom. The van der Waals surface area contributed by atoms with Crippen molar-refractivity contribution in [3.63, 3.8) is 0 Å². The van der Waals surface area contributed by atoms with Gasteiger partial charge in [0.25, 0.3) is 5.91 Å². The number of nitrogen functional groups attached to an aromatic ring is 1. The summed E-state index contributed by atoms with van der Waals surface area (Å²) in [6.45, 7) is 4.65. The number of carbonyl (C=O) groups excluding carboxylic acids is 1. The molecule has 5 rings (SSSR count). The van der Waals surface area contributed by atoms with Gasteiger partial charge in [-0.25, -0.2) is 14.4 Å². The highest BCUT2D eigenvalue weighted by Gasteiger charge is 2.34. The van der Waals surface area contributed by atoms with Gasteiger partial charge in [-0.2, -0.15) is 10.4 Å². The summed E-state index contributed by atoms with van der Waals surface area (Å²) in [6.07, 6.45) is 3.09. The lowest BCUT2D eigenvalue weighted by atomic mass is 9.96. The Morgan fingerprint density at radius 1 is 1.32 bits per heavy atom. The summed E-state index contributed by atoms with van der Waals surface area (Å²) in [5.74, 6) is 0.0559. The SMILES string of the molecule is CC(C)n1nc2c(c1C#N)-c1cnc(N)c(n1)N1CCC[C@@H]1c1cc(F)ccc1C(=O)N(C)C2. The van der Waals surface area contributed by atoms with Crippen molar-refractivity contribution in [2.75, 3.05) is 24.2 Å². The molecule has 0 spiro atoms. The van der Waals surface area contributed by atoms with Crippen LogP contribution in [0.3, 0.4) is 0 Å². The summed E-state index contributed by atoms with van der Waals surface area (Å²) < 4.78 is 16.0. The van der Waals surface area contributed by atoms with E-state index in [9.17, 15) is 14.4 Å². The molecule has 0 saturated carbocycles. The molecule has 2 aliphatic rings. The first kappa shape index (κ1) is 21.8. The molecule has 1 amide bonds. The number of amides is 1. The van der Waals surface area contributed by atoms with Gasteiger partial charge in [-0.15, -0.1) is 0 Å². The molecule has 0 aliphatic carbocycles. The average Bonchev–Trinajstić information content (AvgIpc) is 3.43. The number of fused-ring (bicyclic) bond motifs is 8. The third-order valence-electron chi connectivity index (χ3n) is 6.48. The maximum absolute atomic E-state index is 14.4. The summed E-state index contributed by atoms with van der Waals surface area (Å²) >= 11 is 0. The van der Waals surface area contributed by atoms with E-state index in [0.29, 0.717) is 46.1 Å². The molecule has 10 heteroatoms. The Kier molecular flexibility index (Phi) is 5.20. The van der Waals surface area contributed by atoms with Crippen molar-refractivity contribution in [2.24, 2.45) is 0 Å². The molecule has 174 valence electrons. The first-order valence-electron chi connectivity index (χ1n) is 11.3. The quantitative estimate of drug-likeness (QED) is 0.591. The molecule has 1 saturated heterocycles. The number of halogens is 1. The van der Waals surface area contributed by atoms with Gasteiger partial charge >= 0.3 is 0 Å². The number of carbonyl (C=O) groups is 1. The Balaban J connectivity index is 1.81. The van der Waals surface area contributed by atoms with Gasteiger partial charge < -0.3 is 15.5 Å². The zero-order chi connectivity index (χ0) is 24.1. The van der Waals surface area contributed by atoms with Gasteiger partial charge in [0.15, 0.2) is 11.6 Å². The second kappa shape index (κ2) is 8.09. The lowest BCUT2D eigenvalue weighted by Gasteiger charge is -2.30. The lowest BCUT2D eigenvalue weighted by molar-refractivity contribution is 0.0781. The molecule has 2 aliphatic heterocycles. The number of nitriles is 1. The van der Waals surface area contributed by atoms with Crippen LogP contribution < -0.4 is 10.6 Å². The molecule has 2 aromatic heterocycles. The standard InChI is InChI=1S/C24H25FN8O/c1-13(2)33-20(10-26)21-17-11-28-22(27)23(29-17)32-8-4-5-19(32)16-9-14(25)6-7-15(16)24(34)31(3)12-18(21)30-33/h6-7,9,11,13,19H,4-5,8,12H2,1-3H3,(H2,27,28)/t19-/m1/s1. The summed E-state index contributed by atoms with van der Waals surface area (Å²) in [4.78, 5) is 26.3. The first-order chi connectivity index (χ1) is 16.3. The van der Waals surface area contributed by atoms with Crippen LogP contribution in [0.15, 0.2) is 24.4 Å². The van der Waals surface area contributed by atoms with Gasteiger partial charge in [-0.05, 0) is 50.5 Å². The number of rotatable bonds is 1. The molecule has 1 aromatic carbocycles. The number of hydrogen-bond acceptors (Lipinski definition) is 7. The van der Waals surface area contributed by atoms with Crippen LogP contribution in [0.1, 0.15) is 66.1 Å². The van der Waals surface area contributed by atoms with E-state index >= 15 is 0 Å². The van der Waals surface area contributed by atoms with Crippen molar-refractivity contribution in [1.29, 1.82) is 5.26 Å². The predicted molar refractivity (Wildman–Crippen MR) is 124 cm³/mol. The molecule has 4 heterocycles. The molecule has 2 N–H and O–H groups in total. The van der Waals surface area contributed by atoms with Crippen molar-refractivity contribution in [3.05, 3.63) is 52.7 Å². The van der Waals surface area contributed by atoms with Crippen LogP contribution in [0.4, 0.5) is 16.0 Å². The first-order valence-corrected chi connectivity index (χ1v) is 11.3. The fraction of sp³-hybridized carbons (Fsp3) is 0.375. The zero-order valence-electron chi connectivity index (χ0n) is 19.3. The van der Waals surface area contributed by atoms with Crippen LogP contribution in [0.2, 0.25) is 0 Å². The van der Waals surface area contributed by atoms with Crippen LogP contribution in [-0.2, 0) is 6.54 Å². The maximum Gasteiger partial charge on any atom is 0.254 e. The summed E-state index contributed by atoms with van der Waals surface area (Å²) in [6, 6.07) is 6.17. The number of nitrogens with two attached hydrogens (primary N) is 1. The Morgan fingerprint density at radius 3 is 2.85 bits per heavy atom. The van der Waals surface area contributed by atoms with E-state index in [-0.39, 0.29) is 30.4 Å². The van der Waals surface area contributed by atoms with Gasteiger partial charge in [-0.1, -0.05) is 0 Å². The number of nitrogens with zero attached hydrogens (tertiary/aromatic N) is 7. The molecule has 3 aromatic rings. The van der Waals surface area contributed by atoms with E-state index in [1.54, 1.807) is 16.6 Å². The molecule has 1 atom stereocenters.